The Morgan fingerprint density at radius 2 is 2.21 bits per heavy atom. The Bertz CT molecular complexity index is 441. The predicted octanol–water partition coefficient (Wildman–Crippen LogP) is 2.11. The van der Waals surface area contributed by atoms with E-state index < -0.39 is 0 Å². The van der Waals surface area contributed by atoms with Gasteiger partial charge in [-0.25, -0.2) is 4.39 Å². The van der Waals surface area contributed by atoms with Crippen LogP contribution in [0.5, 0.6) is 0 Å². The van der Waals surface area contributed by atoms with Gasteiger partial charge in [-0.05, 0) is 20.0 Å². The Hall–Kier alpha value is -0.680. The molecule has 1 fully saturated rings. The minimum absolute atomic E-state index is 0.102. The Labute approximate surface area is 119 Å². The summed E-state index contributed by atoms with van der Waals surface area (Å²) in [7, 11) is 2.11. The van der Waals surface area contributed by atoms with Crippen LogP contribution in [0.3, 0.4) is 0 Å². The maximum absolute atomic E-state index is 14.1. The van der Waals surface area contributed by atoms with Crippen molar-refractivity contribution in [2.24, 2.45) is 5.73 Å². The van der Waals surface area contributed by atoms with Gasteiger partial charge in [-0.1, -0.05) is 23.7 Å². The van der Waals surface area contributed by atoms with Crippen molar-refractivity contribution in [1.29, 1.82) is 0 Å². The molecule has 2 atom stereocenters. The SMILES string of the molecule is CC1CN(C(CN)c2cccc(Cl)c2F)CCN1C. The van der Waals surface area contributed by atoms with Crippen molar-refractivity contribution in [3.05, 3.63) is 34.6 Å². The molecule has 1 aliphatic rings. The molecule has 0 amide bonds. The first-order chi connectivity index (χ1) is 9.04. The van der Waals surface area contributed by atoms with E-state index in [9.17, 15) is 4.39 Å². The minimum atomic E-state index is -0.341. The van der Waals surface area contributed by atoms with E-state index in [1.807, 2.05) is 0 Å². The van der Waals surface area contributed by atoms with Gasteiger partial charge in [0.2, 0.25) is 0 Å². The standard InChI is InChI=1S/C14H21ClFN3/c1-10-9-19(7-6-18(10)2)13(8-17)11-4-3-5-12(15)14(11)16/h3-5,10,13H,6-9,17H2,1-2H3. The Morgan fingerprint density at radius 1 is 1.47 bits per heavy atom. The first kappa shape index (κ1) is 14.7. The summed E-state index contributed by atoms with van der Waals surface area (Å²) in [5.74, 6) is -0.341. The number of nitrogens with zero attached hydrogens (tertiary/aromatic N) is 2. The topological polar surface area (TPSA) is 32.5 Å². The fourth-order valence-corrected chi connectivity index (χ4v) is 2.79. The molecule has 19 heavy (non-hydrogen) atoms. The van der Waals surface area contributed by atoms with Gasteiger partial charge in [-0.2, -0.15) is 0 Å². The summed E-state index contributed by atoms with van der Waals surface area (Å²) in [5.41, 5.74) is 6.47. The lowest BCUT2D eigenvalue weighted by atomic mass is 10.0. The average Bonchev–Trinajstić information content (AvgIpc) is 2.39. The zero-order valence-electron chi connectivity index (χ0n) is 11.4. The van der Waals surface area contributed by atoms with Gasteiger partial charge >= 0.3 is 0 Å². The second kappa shape index (κ2) is 6.18. The number of likely N-dealkylation sites (N-methyl/N-ethyl adjacent to an activating group) is 1. The molecule has 5 heteroatoms. The molecule has 1 heterocycles. The summed E-state index contributed by atoms with van der Waals surface area (Å²) in [4.78, 5) is 4.55. The number of nitrogens with two attached hydrogens (primary N) is 1. The van der Waals surface area contributed by atoms with Crippen LogP contribution < -0.4 is 5.73 Å². The van der Waals surface area contributed by atoms with Gasteiger partial charge in [0.05, 0.1) is 11.1 Å². The quantitative estimate of drug-likeness (QED) is 0.923. The molecule has 2 rings (SSSR count). The van der Waals surface area contributed by atoms with Crippen LogP contribution in [0.25, 0.3) is 0 Å². The molecule has 0 aromatic heterocycles. The van der Waals surface area contributed by atoms with E-state index in [1.165, 1.54) is 0 Å². The average molecular weight is 286 g/mol. The number of halogens is 2. The zero-order valence-corrected chi connectivity index (χ0v) is 12.2. The summed E-state index contributed by atoms with van der Waals surface area (Å²) in [6.07, 6.45) is 0. The lowest BCUT2D eigenvalue weighted by molar-refractivity contribution is 0.0729. The summed E-state index contributed by atoms with van der Waals surface area (Å²) in [6, 6.07) is 5.48. The molecule has 0 spiro atoms. The first-order valence-electron chi connectivity index (χ1n) is 6.63. The third kappa shape index (κ3) is 3.08. The van der Waals surface area contributed by atoms with Gasteiger partial charge in [0.25, 0.3) is 0 Å². The molecule has 0 radical (unpaired) electrons. The van der Waals surface area contributed by atoms with Crippen molar-refractivity contribution in [3.63, 3.8) is 0 Å². The number of hydrogen-bond acceptors (Lipinski definition) is 3. The molecule has 1 saturated heterocycles. The van der Waals surface area contributed by atoms with Gasteiger partial charge in [-0.3, -0.25) is 4.90 Å². The van der Waals surface area contributed by atoms with Crippen LogP contribution in [0.2, 0.25) is 5.02 Å². The van der Waals surface area contributed by atoms with Crippen molar-refractivity contribution >= 4 is 11.6 Å². The first-order valence-corrected chi connectivity index (χ1v) is 7.00. The van der Waals surface area contributed by atoms with Crippen LogP contribution in [0.4, 0.5) is 4.39 Å². The molecule has 0 saturated carbocycles. The Morgan fingerprint density at radius 3 is 2.84 bits per heavy atom. The number of rotatable bonds is 3. The molecule has 1 aliphatic heterocycles. The Kier molecular flexibility index (Phi) is 4.79. The van der Waals surface area contributed by atoms with Crippen LogP contribution in [0.1, 0.15) is 18.5 Å². The Balaban J connectivity index is 2.22. The second-order valence-electron chi connectivity index (χ2n) is 5.22. The van der Waals surface area contributed by atoms with Gasteiger partial charge in [0.15, 0.2) is 0 Å². The van der Waals surface area contributed by atoms with Crippen molar-refractivity contribution in [2.75, 3.05) is 33.2 Å². The molecule has 0 bridgehead atoms. The largest absolute Gasteiger partial charge is 0.329 e. The van der Waals surface area contributed by atoms with Crippen molar-refractivity contribution < 1.29 is 4.39 Å². The van der Waals surface area contributed by atoms with Crippen LogP contribution >= 0.6 is 11.6 Å². The lowest BCUT2D eigenvalue weighted by Crippen LogP contribution is -2.52. The predicted molar refractivity (Wildman–Crippen MR) is 76.9 cm³/mol. The van der Waals surface area contributed by atoms with E-state index in [0.29, 0.717) is 18.2 Å². The molecule has 0 aliphatic carbocycles. The summed E-state index contributed by atoms with van der Waals surface area (Å²) in [5, 5.41) is 0.165. The van der Waals surface area contributed by atoms with Crippen molar-refractivity contribution in [2.45, 2.75) is 19.0 Å². The summed E-state index contributed by atoms with van der Waals surface area (Å²) < 4.78 is 14.1. The maximum Gasteiger partial charge on any atom is 0.146 e. The highest BCUT2D eigenvalue weighted by Crippen LogP contribution is 2.28. The van der Waals surface area contributed by atoms with Gasteiger partial charge in [0, 0.05) is 37.8 Å². The van der Waals surface area contributed by atoms with E-state index in [4.69, 9.17) is 17.3 Å². The fourth-order valence-electron chi connectivity index (χ4n) is 2.61. The highest BCUT2D eigenvalue weighted by atomic mass is 35.5. The van der Waals surface area contributed by atoms with Crippen molar-refractivity contribution in [1.82, 2.24) is 9.80 Å². The molecule has 1 aromatic carbocycles. The monoisotopic (exact) mass is 285 g/mol. The van der Waals surface area contributed by atoms with Gasteiger partial charge < -0.3 is 10.6 Å². The summed E-state index contributed by atoms with van der Waals surface area (Å²) in [6.45, 7) is 5.33. The molecule has 2 N–H and O–H groups in total. The van der Waals surface area contributed by atoms with Crippen LogP contribution in [0, 0.1) is 5.82 Å². The normalized spacial score (nSPS) is 23.5. The van der Waals surface area contributed by atoms with Crippen LogP contribution in [0.15, 0.2) is 18.2 Å². The van der Waals surface area contributed by atoms with E-state index in [2.05, 4.69) is 23.8 Å². The molecular formula is C14H21ClFN3. The zero-order chi connectivity index (χ0) is 14.0. The number of benzene rings is 1. The molecule has 2 unspecified atom stereocenters. The molecular weight excluding hydrogens is 265 g/mol. The van der Waals surface area contributed by atoms with Gasteiger partial charge in [-0.15, -0.1) is 0 Å². The van der Waals surface area contributed by atoms with Crippen LogP contribution in [-0.4, -0.2) is 49.1 Å². The molecule has 106 valence electrons. The van der Waals surface area contributed by atoms with E-state index in [-0.39, 0.29) is 16.9 Å². The molecule has 1 aromatic rings. The number of hydrogen-bond donors (Lipinski definition) is 1. The molecule has 3 nitrogen and oxygen atoms in total. The van der Waals surface area contributed by atoms with Crippen molar-refractivity contribution in [3.8, 4) is 0 Å². The smallest absolute Gasteiger partial charge is 0.146 e. The summed E-state index contributed by atoms with van der Waals surface area (Å²) >= 11 is 5.86. The van der Waals surface area contributed by atoms with Crippen LogP contribution in [-0.2, 0) is 0 Å². The van der Waals surface area contributed by atoms with E-state index in [0.717, 1.165) is 19.6 Å². The maximum atomic E-state index is 14.1. The number of piperazine rings is 1. The third-order valence-electron chi connectivity index (χ3n) is 4.00. The fraction of sp³-hybridized carbons (Fsp3) is 0.571. The van der Waals surface area contributed by atoms with E-state index >= 15 is 0 Å². The highest BCUT2D eigenvalue weighted by molar-refractivity contribution is 6.30. The lowest BCUT2D eigenvalue weighted by Gasteiger charge is -2.41. The minimum Gasteiger partial charge on any atom is -0.329 e. The van der Waals surface area contributed by atoms with E-state index in [1.54, 1.807) is 18.2 Å². The highest BCUT2D eigenvalue weighted by Gasteiger charge is 2.28. The second-order valence-corrected chi connectivity index (χ2v) is 5.63. The third-order valence-corrected chi connectivity index (χ3v) is 4.29. The van der Waals surface area contributed by atoms with Gasteiger partial charge in [0.1, 0.15) is 5.82 Å².